The maximum atomic E-state index is 12.0. The van der Waals surface area contributed by atoms with Gasteiger partial charge in [-0.2, -0.15) is 0 Å². The van der Waals surface area contributed by atoms with E-state index >= 15 is 0 Å². The zero-order valence-corrected chi connectivity index (χ0v) is 16.4. The maximum absolute atomic E-state index is 12.0. The van der Waals surface area contributed by atoms with Crippen molar-refractivity contribution in [3.63, 3.8) is 0 Å². The normalized spacial score (nSPS) is 16.4. The number of carbonyl (C=O) groups is 1. The van der Waals surface area contributed by atoms with E-state index < -0.39 is 0 Å². The largest absolute Gasteiger partial charge is 0.497 e. The van der Waals surface area contributed by atoms with E-state index in [4.69, 9.17) is 9.15 Å². The molecule has 1 aromatic heterocycles. The molecule has 0 spiro atoms. The summed E-state index contributed by atoms with van der Waals surface area (Å²) < 4.78 is 10.9. The number of amides is 1. The van der Waals surface area contributed by atoms with E-state index in [1.54, 1.807) is 13.4 Å². The van der Waals surface area contributed by atoms with Crippen molar-refractivity contribution >= 4 is 11.6 Å². The quantitative estimate of drug-likeness (QED) is 0.774. The summed E-state index contributed by atoms with van der Waals surface area (Å²) >= 11 is 0. The topological polar surface area (TPSA) is 59.1 Å². The predicted molar refractivity (Wildman–Crippen MR) is 105 cm³/mol. The standard InChI is InChI=1S/C21H29N3O3/c1-16(2)21(25)22-15-19(20-5-4-14-27-20)24-12-10-23(11-13-24)17-6-8-18(26-3)9-7-17/h4-9,14,16,19H,10-13,15H2,1-3H3,(H,22,25)/p+1/t19-/m0/s1. The molecule has 1 aliphatic rings. The highest BCUT2D eigenvalue weighted by molar-refractivity contribution is 5.77. The third kappa shape index (κ3) is 4.83. The molecule has 27 heavy (non-hydrogen) atoms. The van der Waals surface area contributed by atoms with Crippen molar-refractivity contribution in [1.82, 2.24) is 5.32 Å². The predicted octanol–water partition coefficient (Wildman–Crippen LogP) is 1.51. The Morgan fingerprint density at radius 2 is 1.93 bits per heavy atom. The van der Waals surface area contributed by atoms with Gasteiger partial charge in [-0.25, -0.2) is 0 Å². The average molecular weight is 372 g/mol. The smallest absolute Gasteiger partial charge is 0.222 e. The summed E-state index contributed by atoms with van der Waals surface area (Å²) in [5, 5.41) is 3.08. The molecule has 1 aliphatic heterocycles. The van der Waals surface area contributed by atoms with Gasteiger partial charge in [0.25, 0.3) is 0 Å². The molecule has 2 N–H and O–H groups in total. The summed E-state index contributed by atoms with van der Waals surface area (Å²) in [6.45, 7) is 8.36. The van der Waals surface area contributed by atoms with Crippen molar-refractivity contribution in [1.29, 1.82) is 0 Å². The first-order valence-corrected chi connectivity index (χ1v) is 9.63. The minimum atomic E-state index is -0.0100. The Balaban J connectivity index is 1.62. The Labute approximate surface area is 161 Å². The van der Waals surface area contributed by atoms with E-state index in [0.29, 0.717) is 6.54 Å². The number of benzene rings is 1. The van der Waals surface area contributed by atoms with E-state index in [0.717, 1.165) is 37.7 Å². The number of piperazine rings is 1. The van der Waals surface area contributed by atoms with Crippen LogP contribution in [0.1, 0.15) is 25.6 Å². The molecule has 0 unspecified atom stereocenters. The second kappa shape index (κ2) is 8.95. The van der Waals surface area contributed by atoms with Crippen molar-refractivity contribution in [2.75, 3.05) is 44.7 Å². The van der Waals surface area contributed by atoms with Gasteiger partial charge in [-0.15, -0.1) is 0 Å². The van der Waals surface area contributed by atoms with Crippen molar-refractivity contribution in [3.8, 4) is 5.75 Å². The first-order valence-electron chi connectivity index (χ1n) is 9.63. The van der Waals surface area contributed by atoms with Crippen LogP contribution < -0.4 is 19.9 Å². The second-order valence-corrected chi connectivity index (χ2v) is 7.31. The van der Waals surface area contributed by atoms with Crippen molar-refractivity contribution in [2.24, 2.45) is 5.92 Å². The number of carbonyl (C=O) groups excluding carboxylic acids is 1. The first kappa shape index (κ1) is 19.3. The van der Waals surface area contributed by atoms with Crippen LogP contribution in [0.4, 0.5) is 5.69 Å². The van der Waals surface area contributed by atoms with Crippen LogP contribution in [0.3, 0.4) is 0 Å². The molecule has 1 aromatic carbocycles. The molecular weight excluding hydrogens is 342 g/mol. The molecule has 0 saturated carbocycles. The van der Waals surface area contributed by atoms with Crippen LogP contribution in [0, 0.1) is 5.92 Å². The third-order valence-corrected chi connectivity index (χ3v) is 5.23. The number of furan rings is 1. The number of nitrogens with one attached hydrogen (secondary N) is 2. The lowest BCUT2D eigenvalue weighted by molar-refractivity contribution is -0.932. The molecule has 146 valence electrons. The molecule has 6 nitrogen and oxygen atoms in total. The Hall–Kier alpha value is -2.47. The molecule has 1 atom stereocenters. The lowest BCUT2D eigenvalue weighted by Gasteiger charge is -2.37. The monoisotopic (exact) mass is 372 g/mol. The summed E-state index contributed by atoms with van der Waals surface area (Å²) in [6, 6.07) is 12.3. The highest BCUT2D eigenvalue weighted by atomic mass is 16.5. The molecule has 1 saturated heterocycles. The van der Waals surface area contributed by atoms with Gasteiger partial charge in [0.15, 0.2) is 11.8 Å². The van der Waals surface area contributed by atoms with Gasteiger partial charge in [-0.05, 0) is 36.4 Å². The number of hydrogen-bond donors (Lipinski definition) is 2. The fraction of sp³-hybridized carbons (Fsp3) is 0.476. The van der Waals surface area contributed by atoms with E-state index in [1.807, 2.05) is 38.1 Å². The number of nitrogens with zero attached hydrogens (tertiary/aromatic N) is 1. The van der Waals surface area contributed by atoms with Gasteiger partial charge in [-0.3, -0.25) is 4.79 Å². The van der Waals surface area contributed by atoms with Gasteiger partial charge in [-0.1, -0.05) is 13.8 Å². The average Bonchev–Trinajstić information content (AvgIpc) is 3.23. The lowest BCUT2D eigenvalue weighted by atomic mass is 10.1. The highest BCUT2D eigenvalue weighted by Crippen LogP contribution is 2.19. The number of anilines is 1. The lowest BCUT2D eigenvalue weighted by Crippen LogP contribution is -3.15. The minimum Gasteiger partial charge on any atom is -0.497 e. The first-order chi connectivity index (χ1) is 13.1. The SMILES string of the molecule is COc1ccc(N2CC[NH+]([C@@H](CNC(=O)C(C)C)c3ccco3)CC2)cc1. The van der Waals surface area contributed by atoms with Crippen LogP contribution in [0.15, 0.2) is 47.1 Å². The molecule has 0 radical (unpaired) electrons. The Morgan fingerprint density at radius 1 is 1.22 bits per heavy atom. The molecular formula is C21H30N3O3+. The third-order valence-electron chi connectivity index (χ3n) is 5.23. The van der Waals surface area contributed by atoms with E-state index in [1.165, 1.54) is 10.6 Å². The number of rotatable bonds is 7. The number of ether oxygens (including phenoxy) is 1. The van der Waals surface area contributed by atoms with Gasteiger partial charge in [0.05, 0.1) is 46.1 Å². The van der Waals surface area contributed by atoms with Crippen LogP contribution >= 0.6 is 0 Å². The Bertz CT molecular complexity index is 705. The zero-order valence-electron chi connectivity index (χ0n) is 16.4. The van der Waals surface area contributed by atoms with Gasteiger partial charge in [0, 0.05) is 11.6 Å². The number of methoxy groups -OCH3 is 1. The minimum absolute atomic E-state index is 0.0100. The van der Waals surface area contributed by atoms with Crippen LogP contribution in [0.25, 0.3) is 0 Å². The van der Waals surface area contributed by atoms with Gasteiger partial charge >= 0.3 is 0 Å². The summed E-state index contributed by atoms with van der Waals surface area (Å²) in [7, 11) is 1.68. The second-order valence-electron chi connectivity index (χ2n) is 7.31. The molecule has 0 aliphatic carbocycles. The van der Waals surface area contributed by atoms with Crippen LogP contribution in [0.2, 0.25) is 0 Å². The molecule has 1 amide bonds. The fourth-order valence-electron chi connectivity index (χ4n) is 3.54. The van der Waals surface area contributed by atoms with Gasteiger partial charge < -0.3 is 24.3 Å². The van der Waals surface area contributed by atoms with Crippen LogP contribution in [-0.4, -0.2) is 45.7 Å². The summed E-state index contributed by atoms with van der Waals surface area (Å²) in [5.74, 6) is 1.89. The number of hydrogen-bond acceptors (Lipinski definition) is 4. The Kier molecular flexibility index (Phi) is 6.40. The van der Waals surface area contributed by atoms with E-state index in [-0.39, 0.29) is 17.9 Å². The fourth-order valence-corrected chi connectivity index (χ4v) is 3.54. The molecule has 0 bridgehead atoms. The number of quaternary nitrogens is 1. The maximum Gasteiger partial charge on any atom is 0.222 e. The zero-order chi connectivity index (χ0) is 19.2. The van der Waals surface area contributed by atoms with Crippen LogP contribution in [0.5, 0.6) is 5.75 Å². The van der Waals surface area contributed by atoms with E-state index in [9.17, 15) is 4.79 Å². The van der Waals surface area contributed by atoms with Gasteiger partial charge in [0.1, 0.15) is 5.75 Å². The summed E-state index contributed by atoms with van der Waals surface area (Å²) in [6.07, 6.45) is 1.71. The molecule has 1 fully saturated rings. The molecule has 3 rings (SSSR count). The molecule has 2 aromatic rings. The highest BCUT2D eigenvalue weighted by Gasteiger charge is 2.31. The Morgan fingerprint density at radius 3 is 2.48 bits per heavy atom. The van der Waals surface area contributed by atoms with Crippen LogP contribution in [-0.2, 0) is 4.79 Å². The van der Waals surface area contributed by atoms with Crippen molar-refractivity contribution < 1.29 is 18.8 Å². The summed E-state index contributed by atoms with van der Waals surface area (Å²) in [4.78, 5) is 15.9. The van der Waals surface area contributed by atoms with Crippen molar-refractivity contribution in [2.45, 2.75) is 19.9 Å². The molecule has 2 heterocycles. The molecule has 6 heteroatoms. The van der Waals surface area contributed by atoms with E-state index in [2.05, 4.69) is 22.3 Å². The van der Waals surface area contributed by atoms with Crippen molar-refractivity contribution in [3.05, 3.63) is 48.4 Å². The van der Waals surface area contributed by atoms with Gasteiger partial charge in [0.2, 0.25) is 5.91 Å². The summed E-state index contributed by atoms with van der Waals surface area (Å²) in [5.41, 5.74) is 1.22.